The molecule has 4 N–H and O–H groups in total. The van der Waals surface area contributed by atoms with Crippen LogP contribution in [0.4, 0.5) is 11.5 Å². The summed E-state index contributed by atoms with van der Waals surface area (Å²) < 4.78 is 0. The van der Waals surface area contributed by atoms with Crippen LogP contribution in [-0.2, 0) is 0 Å². The Morgan fingerprint density at radius 2 is 2.25 bits per heavy atom. The van der Waals surface area contributed by atoms with E-state index in [1.807, 2.05) is 6.07 Å². The van der Waals surface area contributed by atoms with E-state index in [9.17, 15) is 5.11 Å². The molecule has 0 aromatic carbocycles. The maximum Gasteiger partial charge on any atom is 0.128 e. The molecule has 1 saturated carbocycles. The Hall–Kier alpha value is -1.29. The smallest absolute Gasteiger partial charge is 0.128 e. The van der Waals surface area contributed by atoms with Crippen molar-refractivity contribution >= 4 is 11.5 Å². The maximum atomic E-state index is 9.31. The van der Waals surface area contributed by atoms with Crippen molar-refractivity contribution in [3.63, 3.8) is 0 Å². The average Bonchev–Trinajstić information content (AvgIpc) is 2.30. The second kappa shape index (κ2) is 5.16. The molecule has 2 rings (SSSR count). The van der Waals surface area contributed by atoms with E-state index in [0.717, 1.165) is 18.7 Å². The Kier molecular flexibility index (Phi) is 3.62. The minimum Gasteiger partial charge on any atom is -0.399 e. The van der Waals surface area contributed by atoms with Crippen molar-refractivity contribution < 1.29 is 5.11 Å². The molecule has 1 aliphatic rings. The number of hydrogen-bond acceptors (Lipinski definition) is 4. The molecule has 2 unspecified atom stereocenters. The number of nitrogen functional groups attached to an aromatic ring is 1. The summed E-state index contributed by atoms with van der Waals surface area (Å²) in [6.07, 6.45) is 6.33. The van der Waals surface area contributed by atoms with Gasteiger partial charge in [0.05, 0.1) is 0 Å². The average molecular weight is 221 g/mol. The normalized spacial score (nSPS) is 25.3. The fourth-order valence-corrected chi connectivity index (χ4v) is 2.33. The second-order valence-electron chi connectivity index (χ2n) is 4.45. The number of pyridine rings is 1. The summed E-state index contributed by atoms with van der Waals surface area (Å²) in [5.41, 5.74) is 6.42. The van der Waals surface area contributed by atoms with Crippen LogP contribution in [0, 0.1) is 5.92 Å². The Morgan fingerprint density at radius 1 is 1.44 bits per heavy atom. The van der Waals surface area contributed by atoms with Crippen molar-refractivity contribution in [1.29, 1.82) is 0 Å². The number of nitrogens with zero attached hydrogens (tertiary/aromatic N) is 1. The van der Waals surface area contributed by atoms with Gasteiger partial charge in [0.1, 0.15) is 5.82 Å². The van der Waals surface area contributed by atoms with Crippen LogP contribution in [0.1, 0.15) is 25.7 Å². The second-order valence-corrected chi connectivity index (χ2v) is 4.45. The van der Waals surface area contributed by atoms with Crippen molar-refractivity contribution in [1.82, 2.24) is 4.98 Å². The topological polar surface area (TPSA) is 71.2 Å². The van der Waals surface area contributed by atoms with Crippen molar-refractivity contribution in [3.05, 3.63) is 18.3 Å². The predicted molar refractivity (Wildman–Crippen MR) is 65.1 cm³/mol. The lowest BCUT2D eigenvalue weighted by Gasteiger charge is -2.31. The first kappa shape index (κ1) is 11.2. The Bertz CT molecular complexity index is 343. The lowest BCUT2D eigenvalue weighted by Crippen LogP contribution is -2.34. The van der Waals surface area contributed by atoms with Crippen LogP contribution < -0.4 is 11.1 Å². The molecule has 0 bridgehead atoms. The number of hydrogen-bond donors (Lipinski definition) is 3. The van der Waals surface area contributed by atoms with Crippen LogP contribution in [0.25, 0.3) is 0 Å². The minimum absolute atomic E-state index is 0.250. The van der Waals surface area contributed by atoms with Crippen LogP contribution in [-0.4, -0.2) is 22.7 Å². The third-order valence-corrected chi connectivity index (χ3v) is 3.26. The van der Waals surface area contributed by atoms with Crippen LogP contribution in [0.15, 0.2) is 18.3 Å². The fourth-order valence-electron chi connectivity index (χ4n) is 2.33. The van der Waals surface area contributed by atoms with E-state index in [1.165, 1.54) is 12.8 Å². The van der Waals surface area contributed by atoms with Gasteiger partial charge in [-0.1, -0.05) is 12.8 Å². The third kappa shape index (κ3) is 2.64. The van der Waals surface area contributed by atoms with E-state index < -0.39 is 0 Å². The monoisotopic (exact) mass is 221 g/mol. The zero-order valence-corrected chi connectivity index (χ0v) is 9.39. The van der Waals surface area contributed by atoms with Gasteiger partial charge >= 0.3 is 0 Å². The molecule has 1 aromatic rings. The van der Waals surface area contributed by atoms with Crippen LogP contribution in [0.5, 0.6) is 0 Å². The first-order valence-corrected chi connectivity index (χ1v) is 5.88. The summed E-state index contributed by atoms with van der Waals surface area (Å²) in [5, 5.41) is 12.7. The molecule has 4 heteroatoms. The molecule has 1 heterocycles. The summed E-state index contributed by atoms with van der Waals surface area (Å²) >= 11 is 0. The Balaban J connectivity index is 2.02. The minimum atomic E-state index is 0.250. The van der Waals surface area contributed by atoms with Gasteiger partial charge in [-0.15, -0.1) is 0 Å². The zero-order valence-electron chi connectivity index (χ0n) is 9.39. The van der Waals surface area contributed by atoms with Gasteiger partial charge in [0.2, 0.25) is 0 Å². The fraction of sp³-hybridized carbons (Fsp3) is 0.583. The van der Waals surface area contributed by atoms with E-state index in [4.69, 9.17) is 5.73 Å². The molecule has 0 radical (unpaired) electrons. The van der Waals surface area contributed by atoms with Gasteiger partial charge in [-0.2, -0.15) is 0 Å². The number of nitrogens with two attached hydrogens (primary N) is 1. The summed E-state index contributed by atoms with van der Waals surface area (Å²) in [4.78, 5) is 4.23. The summed E-state index contributed by atoms with van der Waals surface area (Å²) in [6.45, 7) is 0.250. The van der Waals surface area contributed by atoms with Crippen molar-refractivity contribution in [3.8, 4) is 0 Å². The maximum absolute atomic E-state index is 9.31. The van der Waals surface area contributed by atoms with E-state index in [2.05, 4.69) is 10.3 Å². The van der Waals surface area contributed by atoms with E-state index in [0.29, 0.717) is 17.6 Å². The van der Waals surface area contributed by atoms with Crippen LogP contribution >= 0.6 is 0 Å². The molecular weight excluding hydrogens is 202 g/mol. The zero-order chi connectivity index (χ0) is 11.4. The van der Waals surface area contributed by atoms with E-state index in [-0.39, 0.29) is 6.61 Å². The highest BCUT2D eigenvalue weighted by Gasteiger charge is 2.24. The number of aliphatic hydroxyl groups is 1. The van der Waals surface area contributed by atoms with Crippen molar-refractivity contribution in [2.45, 2.75) is 31.7 Å². The van der Waals surface area contributed by atoms with Gasteiger partial charge in [-0.3, -0.25) is 0 Å². The number of aliphatic hydroxyl groups excluding tert-OH is 1. The highest BCUT2D eigenvalue weighted by Crippen LogP contribution is 2.26. The van der Waals surface area contributed by atoms with Gasteiger partial charge in [0.25, 0.3) is 0 Å². The Labute approximate surface area is 95.9 Å². The highest BCUT2D eigenvalue weighted by atomic mass is 16.3. The molecular formula is C12H19N3O. The quantitative estimate of drug-likeness (QED) is 0.725. The first-order chi connectivity index (χ1) is 7.79. The number of anilines is 2. The predicted octanol–water partition coefficient (Wildman–Crippen LogP) is 1.63. The first-order valence-electron chi connectivity index (χ1n) is 5.88. The van der Waals surface area contributed by atoms with Gasteiger partial charge in [0.15, 0.2) is 0 Å². The van der Waals surface area contributed by atoms with E-state index in [1.54, 1.807) is 12.3 Å². The lowest BCUT2D eigenvalue weighted by molar-refractivity contribution is 0.178. The molecule has 0 amide bonds. The van der Waals surface area contributed by atoms with Gasteiger partial charge in [-0.25, -0.2) is 4.98 Å². The molecule has 88 valence electrons. The number of aromatic nitrogens is 1. The van der Waals surface area contributed by atoms with Crippen LogP contribution in [0.3, 0.4) is 0 Å². The highest BCUT2D eigenvalue weighted by molar-refractivity contribution is 5.48. The molecule has 0 spiro atoms. The van der Waals surface area contributed by atoms with Gasteiger partial charge in [-0.05, 0) is 18.9 Å². The molecule has 16 heavy (non-hydrogen) atoms. The lowest BCUT2D eigenvalue weighted by atomic mass is 9.85. The largest absolute Gasteiger partial charge is 0.399 e. The molecule has 1 aliphatic carbocycles. The van der Waals surface area contributed by atoms with E-state index >= 15 is 0 Å². The molecule has 1 fully saturated rings. The molecule has 0 aliphatic heterocycles. The molecule has 2 atom stereocenters. The summed E-state index contributed by atoms with van der Waals surface area (Å²) in [7, 11) is 0. The van der Waals surface area contributed by atoms with Crippen molar-refractivity contribution in [2.24, 2.45) is 5.92 Å². The number of rotatable bonds is 3. The van der Waals surface area contributed by atoms with Crippen LogP contribution in [0.2, 0.25) is 0 Å². The third-order valence-electron chi connectivity index (χ3n) is 3.26. The van der Waals surface area contributed by atoms with Crippen molar-refractivity contribution in [2.75, 3.05) is 17.7 Å². The molecule has 1 aromatic heterocycles. The molecule has 4 nitrogen and oxygen atoms in total. The standard InChI is InChI=1S/C12H19N3O/c13-10-5-6-14-12(7-10)15-11-4-2-1-3-9(11)8-16/h5-7,9,11,16H,1-4,8H2,(H3,13,14,15). The molecule has 0 saturated heterocycles. The van der Waals surface area contributed by atoms with Gasteiger partial charge < -0.3 is 16.2 Å². The summed E-state index contributed by atoms with van der Waals surface area (Å²) in [6, 6.07) is 3.94. The van der Waals surface area contributed by atoms with Gasteiger partial charge in [0, 0.05) is 36.5 Å². The SMILES string of the molecule is Nc1ccnc(NC2CCCCC2CO)c1. The summed E-state index contributed by atoms with van der Waals surface area (Å²) in [5.74, 6) is 1.15. The Morgan fingerprint density at radius 3 is 3.00 bits per heavy atom. The number of nitrogens with one attached hydrogen (secondary N) is 1.